The van der Waals surface area contributed by atoms with Crippen molar-refractivity contribution in [3.8, 4) is 0 Å². The Labute approximate surface area is 105 Å². The number of likely N-dealkylation sites (tertiary alicyclic amines) is 1. The number of fused-ring (bicyclic) bond motifs is 1. The summed E-state index contributed by atoms with van der Waals surface area (Å²) in [5, 5.41) is 12.5. The fraction of sp³-hybridized carbons (Fsp3) is 0.667. The largest absolute Gasteiger partial charge is 0.394 e. The van der Waals surface area contributed by atoms with E-state index in [1.54, 1.807) is 6.33 Å². The number of hydrogen-bond acceptors (Lipinski definition) is 4. The molecule has 0 aliphatic carbocycles. The second-order valence-corrected chi connectivity index (χ2v) is 4.98. The fourth-order valence-electron chi connectivity index (χ4n) is 2.86. The molecule has 1 saturated heterocycles. The van der Waals surface area contributed by atoms with Crippen LogP contribution in [0.25, 0.3) is 0 Å². The van der Waals surface area contributed by atoms with E-state index in [2.05, 4.69) is 15.3 Å². The van der Waals surface area contributed by atoms with Crippen molar-refractivity contribution in [1.82, 2.24) is 20.2 Å². The third kappa shape index (κ3) is 1.91. The van der Waals surface area contributed by atoms with E-state index in [4.69, 9.17) is 0 Å². The lowest BCUT2D eigenvalue weighted by Gasteiger charge is -2.30. The Morgan fingerprint density at radius 2 is 2.50 bits per heavy atom. The van der Waals surface area contributed by atoms with Gasteiger partial charge >= 0.3 is 0 Å². The molecule has 1 fully saturated rings. The molecule has 0 bridgehead atoms. The maximum absolute atomic E-state index is 12.4. The summed E-state index contributed by atoms with van der Waals surface area (Å²) in [5.74, 6) is 0.0974. The summed E-state index contributed by atoms with van der Waals surface area (Å²) in [7, 11) is 0. The van der Waals surface area contributed by atoms with Crippen LogP contribution in [0.2, 0.25) is 0 Å². The zero-order valence-corrected chi connectivity index (χ0v) is 10.2. The van der Waals surface area contributed by atoms with Crippen molar-refractivity contribution < 1.29 is 9.90 Å². The Morgan fingerprint density at radius 1 is 1.61 bits per heavy atom. The van der Waals surface area contributed by atoms with Gasteiger partial charge in [-0.1, -0.05) is 0 Å². The first-order chi connectivity index (χ1) is 8.79. The minimum Gasteiger partial charge on any atom is -0.394 e. The fourth-order valence-corrected chi connectivity index (χ4v) is 2.86. The van der Waals surface area contributed by atoms with Crippen molar-refractivity contribution in [1.29, 1.82) is 0 Å². The summed E-state index contributed by atoms with van der Waals surface area (Å²) in [4.78, 5) is 21.5. The predicted octanol–water partition coefficient (Wildman–Crippen LogP) is -0.593. The van der Waals surface area contributed by atoms with E-state index in [1.165, 1.54) is 0 Å². The number of amides is 1. The number of nitrogens with zero attached hydrogens (tertiary/aromatic N) is 2. The molecule has 1 aromatic heterocycles. The number of aliphatic hydroxyl groups is 1. The van der Waals surface area contributed by atoms with Crippen molar-refractivity contribution in [2.75, 3.05) is 13.2 Å². The van der Waals surface area contributed by atoms with Crippen molar-refractivity contribution in [2.45, 2.75) is 37.9 Å². The van der Waals surface area contributed by atoms with Crippen molar-refractivity contribution >= 4 is 5.91 Å². The number of imidazole rings is 1. The van der Waals surface area contributed by atoms with Crippen molar-refractivity contribution in [3.05, 3.63) is 17.7 Å². The van der Waals surface area contributed by atoms with Gasteiger partial charge in [0.05, 0.1) is 36.4 Å². The third-order valence-corrected chi connectivity index (χ3v) is 3.90. The molecule has 0 radical (unpaired) electrons. The molecule has 2 aliphatic heterocycles. The van der Waals surface area contributed by atoms with Crippen LogP contribution < -0.4 is 5.32 Å². The number of carbonyl (C=O) groups is 1. The maximum atomic E-state index is 12.4. The second-order valence-electron chi connectivity index (χ2n) is 4.98. The lowest BCUT2D eigenvalue weighted by molar-refractivity contribution is -0.135. The summed E-state index contributed by atoms with van der Waals surface area (Å²) in [6, 6.07) is -0.201. The molecule has 18 heavy (non-hydrogen) atoms. The van der Waals surface area contributed by atoms with Crippen LogP contribution in [0.1, 0.15) is 24.2 Å². The average molecular weight is 250 g/mol. The number of aromatic nitrogens is 2. The topological polar surface area (TPSA) is 81.2 Å². The smallest absolute Gasteiger partial charge is 0.240 e. The number of aliphatic hydroxyl groups excluding tert-OH is 1. The lowest BCUT2D eigenvalue weighted by atomic mass is 10.0. The molecule has 2 atom stereocenters. The molecule has 98 valence electrons. The van der Waals surface area contributed by atoms with Crippen LogP contribution in [0.5, 0.6) is 0 Å². The minimum atomic E-state index is -0.201. The summed E-state index contributed by atoms with van der Waals surface area (Å²) >= 11 is 0. The van der Waals surface area contributed by atoms with Gasteiger partial charge in [0, 0.05) is 19.5 Å². The molecule has 6 nitrogen and oxygen atoms in total. The van der Waals surface area contributed by atoms with Gasteiger partial charge in [-0.05, 0) is 12.8 Å². The average Bonchev–Trinajstić information content (AvgIpc) is 3.05. The van der Waals surface area contributed by atoms with E-state index in [0.29, 0.717) is 13.0 Å². The number of H-pyrrole nitrogens is 1. The number of aromatic amines is 1. The maximum Gasteiger partial charge on any atom is 0.240 e. The Hall–Kier alpha value is -1.40. The van der Waals surface area contributed by atoms with Crippen molar-refractivity contribution in [3.63, 3.8) is 0 Å². The molecule has 1 aromatic rings. The Kier molecular flexibility index (Phi) is 3.05. The Morgan fingerprint density at radius 3 is 3.33 bits per heavy atom. The summed E-state index contributed by atoms with van der Waals surface area (Å²) in [6.45, 7) is 1.48. The van der Waals surface area contributed by atoms with Crippen LogP contribution in [-0.2, 0) is 17.8 Å². The summed E-state index contributed by atoms with van der Waals surface area (Å²) < 4.78 is 0. The number of carbonyl (C=O) groups excluding carboxylic acids is 1. The Bertz CT molecular complexity index is 445. The van der Waals surface area contributed by atoms with E-state index in [1.807, 2.05) is 4.90 Å². The first-order valence-corrected chi connectivity index (χ1v) is 6.45. The van der Waals surface area contributed by atoms with Gasteiger partial charge < -0.3 is 15.0 Å². The highest BCUT2D eigenvalue weighted by Crippen LogP contribution is 2.20. The summed E-state index contributed by atoms with van der Waals surface area (Å²) in [6.07, 6.45) is 4.19. The zero-order chi connectivity index (χ0) is 12.5. The van der Waals surface area contributed by atoms with Crippen LogP contribution in [0, 0.1) is 0 Å². The van der Waals surface area contributed by atoms with Gasteiger partial charge in [0.1, 0.15) is 0 Å². The molecule has 1 amide bonds. The lowest BCUT2D eigenvalue weighted by Crippen LogP contribution is -2.51. The normalized spacial score (nSPS) is 27.3. The van der Waals surface area contributed by atoms with Crippen LogP contribution in [-0.4, -0.2) is 51.1 Å². The molecule has 1 unspecified atom stereocenters. The predicted molar refractivity (Wildman–Crippen MR) is 64.7 cm³/mol. The first kappa shape index (κ1) is 11.7. The second kappa shape index (κ2) is 4.70. The number of rotatable bonds is 2. The quantitative estimate of drug-likeness (QED) is 0.655. The molecule has 0 aromatic carbocycles. The minimum absolute atomic E-state index is 0.000110. The number of hydrogen-bond donors (Lipinski definition) is 3. The molecule has 6 heteroatoms. The first-order valence-electron chi connectivity index (χ1n) is 6.45. The monoisotopic (exact) mass is 250 g/mol. The zero-order valence-electron chi connectivity index (χ0n) is 10.2. The van der Waals surface area contributed by atoms with Gasteiger partial charge in [-0.3, -0.25) is 10.1 Å². The molecule has 3 N–H and O–H groups in total. The van der Waals surface area contributed by atoms with Crippen LogP contribution in [0.3, 0.4) is 0 Å². The van der Waals surface area contributed by atoms with Gasteiger partial charge in [0.15, 0.2) is 0 Å². The van der Waals surface area contributed by atoms with Gasteiger partial charge in [0.2, 0.25) is 5.91 Å². The molecular weight excluding hydrogens is 232 g/mol. The highest BCUT2D eigenvalue weighted by Gasteiger charge is 2.34. The van der Waals surface area contributed by atoms with Gasteiger partial charge in [-0.2, -0.15) is 0 Å². The molecular formula is C12H18N4O2. The molecule has 2 aliphatic rings. The van der Waals surface area contributed by atoms with Gasteiger partial charge in [-0.25, -0.2) is 4.98 Å². The standard InChI is InChI=1S/C12H18N4O2/c17-6-8-2-1-3-16(8)12(18)10-4-9-11(5-13-10)15-7-14-9/h7-8,10,13,17H,1-6H2,(H,14,15)/t8-,10?/m1/s1. The van der Waals surface area contributed by atoms with E-state index >= 15 is 0 Å². The highest BCUT2D eigenvalue weighted by atomic mass is 16.3. The van der Waals surface area contributed by atoms with E-state index < -0.39 is 0 Å². The SMILES string of the molecule is O=C(C1Cc2nc[nH]c2CN1)N1CCC[C@@H]1CO. The van der Waals surface area contributed by atoms with E-state index in [-0.39, 0.29) is 24.6 Å². The van der Waals surface area contributed by atoms with E-state index in [9.17, 15) is 9.90 Å². The van der Waals surface area contributed by atoms with Crippen molar-refractivity contribution in [2.24, 2.45) is 0 Å². The summed E-state index contributed by atoms with van der Waals surface area (Å²) in [5.41, 5.74) is 2.05. The Balaban J connectivity index is 1.71. The highest BCUT2D eigenvalue weighted by molar-refractivity contribution is 5.83. The van der Waals surface area contributed by atoms with Crippen LogP contribution >= 0.6 is 0 Å². The molecule has 3 heterocycles. The van der Waals surface area contributed by atoms with Gasteiger partial charge in [-0.15, -0.1) is 0 Å². The third-order valence-electron chi connectivity index (χ3n) is 3.90. The molecule has 0 spiro atoms. The van der Waals surface area contributed by atoms with Gasteiger partial charge in [0.25, 0.3) is 0 Å². The number of nitrogens with one attached hydrogen (secondary N) is 2. The molecule has 0 saturated carbocycles. The van der Waals surface area contributed by atoms with Crippen LogP contribution in [0.4, 0.5) is 0 Å². The van der Waals surface area contributed by atoms with E-state index in [0.717, 1.165) is 30.8 Å². The van der Waals surface area contributed by atoms with Crippen LogP contribution in [0.15, 0.2) is 6.33 Å². The molecule has 3 rings (SSSR count).